The first-order chi connectivity index (χ1) is 12.7. The third-order valence-corrected chi connectivity index (χ3v) is 4.08. The minimum Gasteiger partial charge on any atom is -0.497 e. The number of methoxy groups -OCH3 is 2. The van der Waals surface area contributed by atoms with Gasteiger partial charge in [0.25, 0.3) is 0 Å². The summed E-state index contributed by atoms with van der Waals surface area (Å²) in [5, 5.41) is 0. The van der Waals surface area contributed by atoms with Crippen molar-refractivity contribution in [2.45, 2.75) is 6.61 Å². The smallest absolute Gasteiger partial charge is 0.130 e. The summed E-state index contributed by atoms with van der Waals surface area (Å²) in [6.45, 7) is 0.459. The topological polar surface area (TPSA) is 27.7 Å². The normalized spacial score (nSPS) is 10.0. The Balaban J connectivity index is 2.00. The maximum Gasteiger partial charge on any atom is 0.130 e. The van der Waals surface area contributed by atoms with E-state index in [1.165, 1.54) is 0 Å². The van der Waals surface area contributed by atoms with Crippen LogP contribution in [0.3, 0.4) is 0 Å². The molecule has 26 heavy (non-hydrogen) atoms. The van der Waals surface area contributed by atoms with E-state index in [1.54, 1.807) is 14.2 Å². The quantitative estimate of drug-likeness (QED) is 0.593. The Morgan fingerprint density at radius 3 is 2.23 bits per heavy atom. The fourth-order valence-electron chi connectivity index (χ4n) is 2.71. The number of hydrogen-bond acceptors (Lipinski definition) is 3. The van der Waals surface area contributed by atoms with Crippen molar-refractivity contribution in [3.05, 3.63) is 77.9 Å². The lowest BCUT2D eigenvalue weighted by Gasteiger charge is -2.15. The van der Waals surface area contributed by atoms with E-state index >= 15 is 0 Å². The van der Waals surface area contributed by atoms with E-state index in [9.17, 15) is 0 Å². The highest BCUT2D eigenvalue weighted by Crippen LogP contribution is 2.39. The molecule has 0 unspecified atom stereocenters. The molecule has 0 spiro atoms. The van der Waals surface area contributed by atoms with Gasteiger partial charge in [-0.05, 0) is 35.9 Å². The van der Waals surface area contributed by atoms with Gasteiger partial charge < -0.3 is 14.2 Å². The lowest BCUT2D eigenvalue weighted by atomic mass is 10.0. The molecule has 0 bridgehead atoms. The highest BCUT2D eigenvalue weighted by atomic mass is 16.5. The summed E-state index contributed by atoms with van der Waals surface area (Å²) in [6, 6.07) is 21.5. The van der Waals surface area contributed by atoms with Gasteiger partial charge in [-0.2, -0.15) is 0 Å². The third kappa shape index (κ3) is 3.81. The maximum absolute atomic E-state index is 6.09. The molecule has 0 aliphatic rings. The van der Waals surface area contributed by atoms with Crippen molar-refractivity contribution in [3.8, 4) is 40.7 Å². The van der Waals surface area contributed by atoms with Gasteiger partial charge in [0.05, 0.1) is 14.2 Å². The SMILES string of the molecule is C#Cc1ccc(-c2ccc(OC)cc2OC)c(OCc2ccccc2)c1. The number of hydrogen-bond donors (Lipinski definition) is 0. The highest BCUT2D eigenvalue weighted by molar-refractivity contribution is 5.77. The largest absolute Gasteiger partial charge is 0.497 e. The molecule has 3 aromatic carbocycles. The molecule has 0 atom stereocenters. The standard InChI is InChI=1S/C23H20O3/c1-4-17-10-12-21(20-13-11-19(24-2)15-22(20)25-3)23(14-17)26-16-18-8-6-5-7-9-18/h1,5-15H,16H2,2-3H3. The van der Waals surface area contributed by atoms with Crippen molar-refractivity contribution >= 4 is 0 Å². The lowest BCUT2D eigenvalue weighted by Crippen LogP contribution is -1.98. The van der Waals surface area contributed by atoms with Crippen LogP contribution in [0, 0.1) is 12.3 Å². The molecule has 0 saturated carbocycles. The van der Waals surface area contributed by atoms with Crippen LogP contribution in [0.4, 0.5) is 0 Å². The Kier molecular flexibility index (Phi) is 5.46. The van der Waals surface area contributed by atoms with Crippen LogP contribution < -0.4 is 14.2 Å². The van der Waals surface area contributed by atoms with Crippen LogP contribution in [0.25, 0.3) is 11.1 Å². The highest BCUT2D eigenvalue weighted by Gasteiger charge is 2.13. The molecule has 130 valence electrons. The molecule has 0 aliphatic carbocycles. The van der Waals surface area contributed by atoms with Gasteiger partial charge in [0, 0.05) is 22.8 Å². The fourth-order valence-corrected chi connectivity index (χ4v) is 2.71. The van der Waals surface area contributed by atoms with Gasteiger partial charge in [0.1, 0.15) is 23.9 Å². The second-order valence-corrected chi connectivity index (χ2v) is 5.70. The molecule has 0 aromatic heterocycles. The lowest BCUT2D eigenvalue weighted by molar-refractivity contribution is 0.307. The summed E-state index contributed by atoms with van der Waals surface area (Å²) in [5.74, 6) is 4.82. The molecule has 3 heteroatoms. The second kappa shape index (κ2) is 8.13. The predicted molar refractivity (Wildman–Crippen MR) is 104 cm³/mol. The summed E-state index contributed by atoms with van der Waals surface area (Å²) in [6.07, 6.45) is 5.56. The zero-order chi connectivity index (χ0) is 18.4. The van der Waals surface area contributed by atoms with Gasteiger partial charge in [0.15, 0.2) is 0 Å². The minimum absolute atomic E-state index is 0.459. The van der Waals surface area contributed by atoms with Crippen LogP contribution in [-0.2, 0) is 6.61 Å². The van der Waals surface area contributed by atoms with E-state index < -0.39 is 0 Å². The van der Waals surface area contributed by atoms with Crippen LogP contribution >= 0.6 is 0 Å². The zero-order valence-electron chi connectivity index (χ0n) is 14.9. The van der Waals surface area contributed by atoms with Gasteiger partial charge in [-0.25, -0.2) is 0 Å². The second-order valence-electron chi connectivity index (χ2n) is 5.70. The van der Waals surface area contributed by atoms with E-state index in [4.69, 9.17) is 20.6 Å². The van der Waals surface area contributed by atoms with Gasteiger partial charge in [-0.15, -0.1) is 6.42 Å². The first-order valence-electron chi connectivity index (χ1n) is 8.25. The summed E-state index contributed by atoms with van der Waals surface area (Å²) >= 11 is 0. The van der Waals surface area contributed by atoms with Gasteiger partial charge in [0.2, 0.25) is 0 Å². The maximum atomic E-state index is 6.09. The Morgan fingerprint density at radius 2 is 1.54 bits per heavy atom. The molecule has 0 N–H and O–H groups in total. The summed E-state index contributed by atoms with van der Waals surface area (Å²) < 4.78 is 16.9. The Labute approximate surface area is 154 Å². The molecular weight excluding hydrogens is 324 g/mol. The van der Waals surface area contributed by atoms with E-state index in [1.807, 2.05) is 66.7 Å². The van der Waals surface area contributed by atoms with E-state index in [2.05, 4.69) is 5.92 Å². The molecule has 0 amide bonds. The number of rotatable bonds is 6. The van der Waals surface area contributed by atoms with Crippen LogP contribution in [0.2, 0.25) is 0 Å². The summed E-state index contributed by atoms with van der Waals surface area (Å²) in [5.41, 5.74) is 3.69. The van der Waals surface area contributed by atoms with Crippen LogP contribution in [0.1, 0.15) is 11.1 Å². The average molecular weight is 344 g/mol. The molecule has 0 saturated heterocycles. The van der Waals surface area contributed by atoms with Crippen molar-refractivity contribution in [1.29, 1.82) is 0 Å². The fraction of sp³-hybridized carbons (Fsp3) is 0.130. The monoisotopic (exact) mass is 344 g/mol. The first kappa shape index (κ1) is 17.4. The van der Waals surface area contributed by atoms with E-state index in [-0.39, 0.29) is 0 Å². The number of benzene rings is 3. The molecule has 0 heterocycles. The molecular formula is C23H20O3. The summed E-state index contributed by atoms with van der Waals surface area (Å²) in [7, 11) is 3.27. The third-order valence-electron chi connectivity index (χ3n) is 4.08. The van der Waals surface area contributed by atoms with E-state index in [0.717, 1.165) is 28.0 Å². The van der Waals surface area contributed by atoms with Crippen molar-refractivity contribution in [3.63, 3.8) is 0 Å². The van der Waals surface area contributed by atoms with Crippen LogP contribution in [0.15, 0.2) is 66.7 Å². The molecule has 0 fully saturated rings. The average Bonchev–Trinajstić information content (AvgIpc) is 2.72. The molecule has 3 nitrogen and oxygen atoms in total. The van der Waals surface area contributed by atoms with Gasteiger partial charge in [-0.1, -0.05) is 36.3 Å². The molecule has 0 radical (unpaired) electrons. The molecule has 0 aliphatic heterocycles. The predicted octanol–water partition coefficient (Wildman–Crippen LogP) is 4.93. The van der Waals surface area contributed by atoms with Crippen molar-refractivity contribution in [1.82, 2.24) is 0 Å². The summed E-state index contributed by atoms with van der Waals surface area (Å²) in [4.78, 5) is 0. The Hall–Kier alpha value is -3.38. The van der Waals surface area contributed by atoms with Crippen LogP contribution in [-0.4, -0.2) is 14.2 Å². The van der Waals surface area contributed by atoms with Gasteiger partial charge in [-0.3, -0.25) is 0 Å². The van der Waals surface area contributed by atoms with Gasteiger partial charge >= 0.3 is 0 Å². The van der Waals surface area contributed by atoms with Crippen molar-refractivity contribution in [2.24, 2.45) is 0 Å². The van der Waals surface area contributed by atoms with E-state index in [0.29, 0.717) is 18.1 Å². The van der Waals surface area contributed by atoms with Crippen molar-refractivity contribution < 1.29 is 14.2 Å². The van der Waals surface area contributed by atoms with Crippen LogP contribution in [0.5, 0.6) is 17.2 Å². The number of ether oxygens (including phenoxy) is 3. The molecule has 3 rings (SSSR count). The molecule has 3 aromatic rings. The Morgan fingerprint density at radius 1 is 0.808 bits per heavy atom. The van der Waals surface area contributed by atoms with Crippen molar-refractivity contribution in [2.75, 3.05) is 14.2 Å². The minimum atomic E-state index is 0.459. The number of terminal acetylenes is 1. The first-order valence-corrected chi connectivity index (χ1v) is 8.25. The Bertz CT molecular complexity index is 924. The zero-order valence-corrected chi connectivity index (χ0v) is 14.9.